The van der Waals surface area contributed by atoms with E-state index in [4.69, 9.17) is 10.3 Å². The second kappa shape index (κ2) is 4.67. The van der Waals surface area contributed by atoms with Crippen LogP contribution in [0.2, 0.25) is 0 Å². The number of hydrogen-bond acceptors (Lipinski definition) is 3. The lowest BCUT2D eigenvalue weighted by Crippen LogP contribution is -2.31. The Labute approximate surface area is 77.8 Å². The van der Waals surface area contributed by atoms with Gasteiger partial charge in [0.1, 0.15) is 5.76 Å². The number of aliphatic imine (C=N–C) groups is 1. The Hall–Kier alpha value is -1.29. The highest BCUT2D eigenvalue weighted by atomic mass is 16.3. The number of hydrogen-bond donors (Lipinski definition) is 2. The van der Waals surface area contributed by atoms with E-state index in [1.807, 2.05) is 19.1 Å². The van der Waals surface area contributed by atoms with Gasteiger partial charge in [0.2, 0.25) is 0 Å². The lowest BCUT2D eigenvalue weighted by molar-refractivity contribution is 0.522. The van der Waals surface area contributed by atoms with Gasteiger partial charge in [-0.15, -0.1) is 0 Å². The lowest BCUT2D eigenvalue weighted by Gasteiger charge is -2.00. The van der Waals surface area contributed by atoms with Crippen molar-refractivity contribution in [3.05, 3.63) is 23.7 Å². The molecule has 0 bridgehead atoms. The summed E-state index contributed by atoms with van der Waals surface area (Å²) in [6, 6.07) is 3.73. The van der Waals surface area contributed by atoms with Crippen LogP contribution in [0.4, 0.5) is 0 Å². The minimum Gasteiger partial charge on any atom is -0.458 e. The number of nitrogens with two attached hydrogens (primary N) is 1. The number of aryl methyl sites for hydroxylation is 1. The molecule has 1 rings (SSSR count). The average molecular weight is 181 g/mol. The summed E-state index contributed by atoms with van der Waals surface area (Å²) in [5.74, 6) is 7.46. The summed E-state index contributed by atoms with van der Waals surface area (Å²) < 4.78 is 5.36. The van der Waals surface area contributed by atoms with Gasteiger partial charge in [-0.3, -0.25) is 4.99 Å². The minimum atomic E-state index is 0.606. The van der Waals surface area contributed by atoms with Crippen LogP contribution < -0.4 is 11.3 Å². The highest BCUT2D eigenvalue weighted by Crippen LogP contribution is 2.06. The van der Waals surface area contributed by atoms with Crippen molar-refractivity contribution in [3.8, 4) is 0 Å². The molecule has 4 nitrogen and oxygen atoms in total. The minimum absolute atomic E-state index is 0.606. The molecule has 0 aliphatic heterocycles. The molecule has 1 heterocycles. The maximum atomic E-state index is 5.36. The van der Waals surface area contributed by atoms with E-state index >= 15 is 0 Å². The molecule has 0 aliphatic rings. The summed E-state index contributed by atoms with van der Waals surface area (Å²) in [6.07, 6.45) is 0.991. The first kappa shape index (κ1) is 9.80. The molecule has 0 amide bonds. The van der Waals surface area contributed by atoms with Crippen LogP contribution in [0.15, 0.2) is 21.5 Å². The fourth-order valence-corrected chi connectivity index (χ4v) is 0.980. The normalized spacial score (nSPS) is 11.8. The molecule has 0 saturated carbocycles. The van der Waals surface area contributed by atoms with E-state index in [1.165, 1.54) is 0 Å². The van der Waals surface area contributed by atoms with Crippen molar-refractivity contribution < 1.29 is 4.42 Å². The first-order valence-corrected chi connectivity index (χ1v) is 4.35. The monoisotopic (exact) mass is 181 g/mol. The van der Waals surface area contributed by atoms with Gasteiger partial charge in [-0.25, -0.2) is 5.84 Å². The van der Waals surface area contributed by atoms with Crippen LogP contribution in [0.5, 0.6) is 0 Å². The third-order valence-electron chi connectivity index (χ3n) is 1.60. The quantitative estimate of drug-likeness (QED) is 0.319. The van der Waals surface area contributed by atoms with E-state index in [9.17, 15) is 0 Å². The molecule has 0 radical (unpaired) electrons. The predicted molar refractivity (Wildman–Crippen MR) is 52.5 cm³/mol. The standard InChI is InChI=1S/C9H15N3O/c1-3-6-11-9(12-10)8-5-4-7(2)13-8/h4-5H,3,6,10H2,1-2H3,(H,11,12). The van der Waals surface area contributed by atoms with Crippen molar-refractivity contribution in [2.75, 3.05) is 6.54 Å². The van der Waals surface area contributed by atoms with E-state index < -0.39 is 0 Å². The van der Waals surface area contributed by atoms with Crippen LogP contribution in [0.25, 0.3) is 0 Å². The number of nitrogens with zero attached hydrogens (tertiary/aromatic N) is 1. The van der Waals surface area contributed by atoms with E-state index in [0.717, 1.165) is 18.7 Å². The van der Waals surface area contributed by atoms with E-state index in [1.54, 1.807) is 0 Å². The molecule has 0 saturated heterocycles. The highest BCUT2D eigenvalue weighted by Gasteiger charge is 2.04. The zero-order valence-electron chi connectivity index (χ0n) is 8.00. The Balaban J connectivity index is 2.77. The number of hydrazine groups is 1. The molecular weight excluding hydrogens is 166 g/mol. The predicted octanol–water partition coefficient (Wildman–Crippen LogP) is 1.21. The summed E-state index contributed by atoms with van der Waals surface area (Å²) in [6.45, 7) is 4.70. The van der Waals surface area contributed by atoms with E-state index in [2.05, 4.69) is 17.3 Å². The molecule has 0 aliphatic carbocycles. The van der Waals surface area contributed by atoms with Gasteiger partial charge in [0.15, 0.2) is 11.6 Å². The molecule has 0 fully saturated rings. The van der Waals surface area contributed by atoms with E-state index in [0.29, 0.717) is 11.6 Å². The number of nitrogens with one attached hydrogen (secondary N) is 1. The number of furan rings is 1. The summed E-state index contributed by atoms with van der Waals surface area (Å²) in [7, 11) is 0. The Morgan fingerprint density at radius 3 is 2.85 bits per heavy atom. The van der Waals surface area contributed by atoms with Gasteiger partial charge >= 0.3 is 0 Å². The van der Waals surface area contributed by atoms with Crippen molar-refractivity contribution in [1.29, 1.82) is 0 Å². The van der Waals surface area contributed by atoms with Crippen LogP contribution in [-0.2, 0) is 0 Å². The van der Waals surface area contributed by atoms with Crippen LogP contribution >= 0.6 is 0 Å². The van der Waals surface area contributed by atoms with Crippen LogP contribution in [0, 0.1) is 6.92 Å². The van der Waals surface area contributed by atoms with Gasteiger partial charge < -0.3 is 9.84 Å². The van der Waals surface area contributed by atoms with Gasteiger partial charge in [0, 0.05) is 6.54 Å². The molecule has 13 heavy (non-hydrogen) atoms. The fraction of sp³-hybridized carbons (Fsp3) is 0.444. The zero-order chi connectivity index (χ0) is 9.68. The molecule has 0 spiro atoms. The maximum Gasteiger partial charge on any atom is 0.179 e. The highest BCUT2D eigenvalue weighted by molar-refractivity contribution is 5.95. The molecule has 3 N–H and O–H groups in total. The molecule has 0 atom stereocenters. The summed E-state index contributed by atoms with van der Waals surface area (Å²) in [5, 5.41) is 0. The van der Waals surface area contributed by atoms with E-state index in [-0.39, 0.29) is 0 Å². The van der Waals surface area contributed by atoms with Crippen molar-refractivity contribution in [1.82, 2.24) is 5.43 Å². The molecule has 1 aromatic heterocycles. The SMILES string of the molecule is CCCN=C(NN)c1ccc(C)o1. The van der Waals surface area contributed by atoms with Gasteiger partial charge in [0.25, 0.3) is 0 Å². The maximum absolute atomic E-state index is 5.36. The molecular formula is C9H15N3O. The molecule has 4 heteroatoms. The molecule has 1 aromatic rings. The van der Waals surface area contributed by atoms with Gasteiger partial charge in [0.05, 0.1) is 0 Å². The third-order valence-corrected chi connectivity index (χ3v) is 1.60. The lowest BCUT2D eigenvalue weighted by atomic mass is 10.4. The van der Waals surface area contributed by atoms with Gasteiger partial charge in [-0.2, -0.15) is 0 Å². The Kier molecular flexibility index (Phi) is 3.52. The number of amidine groups is 1. The second-order valence-corrected chi connectivity index (χ2v) is 2.78. The fourth-order valence-electron chi connectivity index (χ4n) is 0.980. The molecule has 0 unspecified atom stereocenters. The largest absolute Gasteiger partial charge is 0.458 e. The topological polar surface area (TPSA) is 63.5 Å². The smallest absolute Gasteiger partial charge is 0.179 e. The van der Waals surface area contributed by atoms with Crippen molar-refractivity contribution >= 4 is 5.84 Å². The Morgan fingerprint density at radius 1 is 1.62 bits per heavy atom. The first-order valence-electron chi connectivity index (χ1n) is 4.35. The zero-order valence-corrected chi connectivity index (χ0v) is 8.00. The number of rotatable bonds is 3. The second-order valence-electron chi connectivity index (χ2n) is 2.78. The van der Waals surface area contributed by atoms with Crippen molar-refractivity contribution in [3.63, 3.8) is 0 Å². The Bertz CT molecular complexity index is 291. The van der Waals surface area contributed by atoms with Crippen LogP contribution in [0.3, 0.4) is 0 Å². The summed E-state index contributed by atoms with van der Waals surface area (Å²) >= 11 is 0. The van der Waals surface area contributed by atoms with Gasteiger partial charge in [-0.1, -0.05) is 6.92 Å². The van der Waals surface area contributed by atoms with Crippen LogP contribution in [0.1, 0.15) is 24.9 Å². The summed E-state index contributed by atoms with van der Waals surface area (Å²) in [5.41, 5.74) is 2.52. The first-order chi connectivity index (χ1) is 6.27. The molecule has 0 aromatic carbocycles. The third kappa shape index (κ3) is 2.59. The van der Waals surface area contributed by atoms with Crippen LogP contribution in [-0.4, -0.2) is 12.4 Å². The van der Waals surface area contributed by atoms with Crippen molar-refractivity contribution in [2.45, 2.75) is 20.3 Å². The van der Waals surface area contributed by atoms with Gasteiger partial charge in [-0.05, 0) is 25.5 Å². The average Bonchev–Trinajstić information content (AvgIpc) is 2.54. The Morgan fingerprint density at radius 2 is 2.38 bits per heavy atom. The van der Waals surface area contributed by atoms with Crippen molar-refractivity contribution in [2.24, 2.45) is 10.8 Å². The molecule has 72 valence electrons. The summed E-state index contributed by atoms with van der Waals surface area (Å²) in [4.78, 5) is 4.23.